The molecule has 2 aromatic rings. The largest absolute Gasteiger partial charge is 0.241 e. The van der Waals surface area contributed by atoms with Gasteiger partial charge in [-0.15, -0.1) is 0 Å². The summed E-state index contributed by atoms with van der Waals surface area (Å²) >= 11 is 0. The van der Waals surface area contributed by atoms with Crippen LogP contribution in [-0.4, -0.2) is 8.42 Å². The molecule has 0 heterocycles. The number of sulfonamides is 1. The summed E-state index contributed by atoms with van der Waals surface area (Å²) in [5, 5.41) is 0. The van der Waals surface area contributed by atoms with Gasteiger partial charge in [-0.2, -0.15) is 0 Å². The van der Waals surface area contributed by atoms with Crippen LogP contribution in [0, 0.1) is 13.8 Å². The Morgan fingerprint density at radius 2 is 1.71 bits per heavy atom. The van der Waals surface area contributed by atoms with Gasteiger partial charge in [-0.1, -0.05) is 49.2 Å². The van der Waals surface area contributed by atoms with E-state index < -0.39 is 10.0 Å². The lowest BCUT2D eigenvalue weighted by Gasteiger charge is -2.17. The molecule has 0 saturated heterocycles. The number of aryl methyl sites for hydroxylation is 3. The molecule has 2 rings (SSSR count). The van der Waals surface area contributed by atoms with Crippen LogP contribution in [0.5, 0.6) is 0 Å². The molecule has 0 amide bonds. The molecule has 3 nitrogen and oxygen atoms in total. The zero-order valence-electron chi connectivity index (χ0n) is 15.0. The molecule has 24 heavy (non-hydrogen) atoms. The zero-order valence-corrected chi connectivity index (χ0v) is 15.8. The Labute approximate surface area is 146 Å². The Morgan fingerprint density at radius 3 is 2.29 bits per heavy atom. The predicted molar refractivity (Wildman–Crippen MR) is 99.7 cm³/mol. The van der Waals surface area contributed by atoms with Crippen molar-refractivity contribution in [3.63, 3.8) is 0 Å². The molecule has 0 saturated carbocycles. The van der Waals surface area contributed by atoms with Gasteiger partial charge in [0.25, 0.3) is 0 Å². The SMILES string of the molecule is CCCCc1ccc(S(=O)(=O)NC(C)c2ccc(C)cc2C)cc1. The Balaban J connectivity index is 2.15. The van der Waals surface area contributed by atoms with Crippen molar-refractivity contribution in [2.75, 3.05) is 0 Å². The highest BCUT2D eigenvalue weighted by Crippen LogP contribution is 2.21. The van der Waals surface area contributed by atoms with Gasteiger partial charge in [0, 0.05) is 6.04 Å². The van der Waals surface area contributed by atoms with Crippen LogP contribution < -0.4 is 4.72 Å². The van der Waals surface area contributed by atoms with Crippen LogP contribution in [-0.2, 0) is 16.4 Å². The van der Waals surface area contributed by atoms with Crippen LogP contribution >= 0.6 is 0 Å². The molecule has 0 radical (unpaired) electrons. The molecule has 130 valence electrons. The number of hydrogen-bond acceptors (Lipinski definition) is 2. The molecule has 0 aliphatic rings. The lowest BCUT2D eigenvalue weighted by molar-refractivity contribution is 0.566. The maximum absolute atomic E-state index is 12.6. The molecule has 0 fully saturated rings. The van der Waals surface area contributed by atoms with Gasteiger partial charge in [0.1, 0.15) is 0 Å². The van der Waals surface area contributed by atoms with E-state index >= 15 is 0 Å². The summed E-state index contributed by atoms with van der Waals surface area (Å²) in [6.45, 7) is 8.07. The van der Waals surface area contributed by atoms with Crippen molar-refractivity contribution in [2.45, 2.75) is 57.9 Å². The fraction of sp³-hybridized carbons (Fsp3) is 0.400. The summed E-state index contributed by atoms with van der Waals surface area (Å²) < 4.78 is 28.0. The Bertz CT molecular complexity index is 780. The van der Waals surface area contributed by atoms with Crippen molar-refractivity contribution in [3.8, 4) is 0 Å². The van der Waals surface area contributed by atoms with Crippen LogP contribution in [0.2, 0.25) is 0 Å². The van der Waals surface area contributed by atoms with Crippen molar-refractivity contribution in [2.24, 2.45) is 0 Å². The van der Waals surface area contributed by atoms with Crippen molar-refractivity contribution in [1.29, 1.82) is 0 Å². The second-order valence-corrected chi connectivity index (χ2v) is 8.16. The highest BCUT2D eigenvalue weighted by Gasteiger charge is 2.19. The summed E-state index contributed by atoms with van der Waals surface area (Å²) in [5.41, 5.74) is 4.45. The molecule has 0 aliphatic carbocycles. The first-order valence-corrected chi connectivity index (χ1v) is 10.00. The van der Waals surface area contributed by atoms with E-state index in [0.29, 0.717) is 4.90 Å². The normalized spacial score (nSPS) is 13.0. The van der Waals surface area contributed by atoms with Crippen LogP contribution in [0.4, 0.5) is 0 Å². The number of nitrogens with one attached hydrogen (secondary N) is 1. The third-order valence-electron chi connectivity index (χ3n) is 4.28. The van der Waals surface area contributed by atoms with Crippen LogP contribution in [0.1, 0.15) is 55.0 Å². The van der Waals surface area contributed by atoms with E-state index in [-0.39, 0.29) is 6.04 Å². The van der Waals surface area contributed by atoms with Crippen LogP contribution in [0.15, 0.2) is 47.4 Å². The number of hydrogen-bond donors (Lipinski definition) is 1. The van der Waals surface area contributed by atoms with Crippen LogP contribution in [0.25, 0.3) is 0 Å². The minimum atomic E-state index is -3.52. The molecule has 0 spiro atoms. The molecule has 0 aliphatic heterocycles. The first-order valence-electron chi connectivity index (χ1n) is 8.52. The zero-order chi connectivity index (χ0) is 17.7. The summed E-state index contributed by atoms with van der Waals surface area (Å²) in [5.74, 6) is 0. The molecule has 1 unspecified atom stereocenters. The lowest BCUT2D eigenvalue weighted by atomic mass is 10.0. The number of rotatable bonds is 7. The second kappa shape index (κ2) is 7.95. The Morgan fingerprint density at radius 1 is 1.04 bits per heavy atom. The van der Waals surface area contributed by atoms with Crippen molar-refractivity contribution >= 4 is 10.0 Å². The predicted octanol–water partition coefficient (Wildman–Crippen LogP) is 4.69. The van der Waals surface area contributed by atoms with Gasteiger partial charge in [0.05, 0.1) is 4.90 Å². The highest BCUT2D eigenvalue weighted by atomic mass is 32.2. The van der Waals surface area contributed by atoms with Gasteiger partial charge in [-0.25, -0.2) is 13.1 Å². The average molecular weight is 346 g/mol. The smallest absolute Gasteiger partial charge is 0.207 e. The second-order valence-electron chi connectivity index (χ2n) is 6.45. The molecular formula is C20H27NO2S. The molecule has 0 bridgehead atoms. The van der Waals surface area contributed by atoms with E-state index in [2.05, 4.69) is 17.7 Å². The molecule has 4 heteroatoms. The van der Waals surface area contributed by atoms with Gasteiger partial charge in [0.15, 0.2) is 0 Å². The average Bonchev–Trinajstić information content (AvgIpc) is 2.52. The molecule has 2 aromatic carbocycles. The summed E-state index contributed by atoms with van der Waals surface area (Å²) in [6.07, 6.45) is 3.24. The molecule has 0 aromatic heterocycles. The highest BCUT2D eigenvalue weighted by molar-refractivity contribution is 7.89. The van der Waals surface area contributed by atoms with Crippen LogP contribution in [0.3, 0.4) is 0 Å². The van der Waals surface area contributed by atoms with Crippen molar-refractivity contribution in [3.05, 3.63) is 64.7 Å². The van der Waals surface area contributed by atoms with E-state index in [1.54, 1.807) is 12.1 Å². The maximum Gasteiger partial charge on any atom is 0.241 e. The number of unbranched alkanes of at least 4 members (excludes halogenated alkanes) is 1. The van der Waals surface area contributed by atoms with E-state index in [9.17, 15) is 8.42 Å². The van der Waals surface area contributed by atoms with E-state index in [0.717, 1.165) is 30.4 Å². The fourth-order valence-electron chi connectivity index (χ4n) is 2.89. The topological polar surface area (TPSA) is 46.2 Å². The van der Waals surface area contributed by atoms with E-state index in [1.807, 2.05) is 45.0 Å². The minimum absolute atomic E-state index is 0.268. The quantitative estimate of drug-likeness (QED) is 0.791. The fourth-order valence-corrected chi connectivity index (χ4v) is 4.11. The Hall–Kier alpha value is -1.65. The van der Waals surface area contributed by atoms with E-state index in [1.165, 1.54) is 11.1 Å². The monoisotopic (exact) mass is 345 g/mol. The lowest BCUT2D eigenvalue weighted by Crippen LogP contribution is -2.27. The summed E-state index contributed by atoms with van der Waals surface area (Å²) in [6, 6.07) is 13.0. The first-order chi connectivity index (χ1) is 11.3. The number of benzene rings is 2. The van der Waals surface area contributed by atoms with Gasteiger partial charge >= 0.3 is 0 Å². The van der Waals surface area contributed by atoms with Gasteiger partial charge in [-0.3, -0.25) is 0 Å². The van der Waals surface area contributed by atoms with Gasteiger partial charge < -0.3 is 0 Å². The third-order valence-corrected chi connectivity index (χ3v) is 5.83. The molecule has 1 N–H and O–H groups in total. The maximum atomic E-state index is 12.6. The van der Waals surface area contributed by atoms with Gasteiger partial charge in [0.2, 0.25) is 10.0 Å². The Kier molecular flexibility index (Phi) is 6.19. The molecule has 1 atom stereocenters. The third kappa shape index (κ3) is 4.68. The first kappa shape index (κ1) is 18.7. The minimum Gasteiger partial charge on any atom is -0.207 e. The van der Waals surface area contributed by atoms with Crippen molar-refractivity contribution in [1.82, 2.24) is 4.72 Å². The van der Waals surface area contributed by atoms with Crippen molar-refractivity contribution < 1.29 is 8.42 Å². The standard InChI is InChI=1S/C20H27NO2S/c1-5-6-7-18-9-11-19(12-10-18)24(22,23)21-17(4)20-13-8-15(2)14-16(20)3/h8-14,17,21H,5-7H2,1-4H3. The van der Waals surface area contributed by atoms with Gasteiger partial charge in [-0.05, 0) is 62.4 Å². The van der Waals surface area contributed by atoms with E-state index in [4.69, 9.17) is 0 Å². The summed E-state index contributed by atoms with van der Waals surface area (Å²) in [7, 11) is -3.52. The summed E-state index contributed by atoms with van der Waals surface area (Å²) in [4.78, 5) is 0.319. The molecular weight excluding hydrogens is 318 g/mol.